The molecule has 1 aromatic carbocycles. The summed E-state index contributed by atoms with van der Waals surface area (Å²) in [5, 5.41) is 5.46. The summed E-state index contributed by atoms with van der Waals surface area (Å²) in [5.74, 6) is -1.08. The summed E-state index contributed by atoms with van der Waals surface area (Å²) < 4.78 is 4.95. The molecule has 1 fully saturated rings. The van der Waals surface area contributed by atoms with E-state index in [1.165, 1.54) is 13.0 Å². The van der Waals surface area contributed by atoms with E-state index in [2.05, 4.69) is 10.6 Å². The Morgan fingerprint density at radius 2 is 1.86 bits per heavy atom. The first-order valence-electron chi connectivity index (χ1n) is 9.23. The third-order valence-electron chi connectivity index (χ3n) is 4.37. The van der Waals surface area contributed by atoms with Crippen molar-refractivity contribution in [1.29, 1.82) is 0 Å². The van der Waals surface area contributed by atoms with Crippen LogP contribution < -0.4 is 15.4 Å². The zero-order valence-electron chi connectivity index (χ0n) is 16.7. The van der Waals surface area contributed by atoms with E-state index in [4.69, 9.17) is 4.74 Å². The van der Waals surface area contributed by atoms with Crippen LogP contribution in [0.1, 0.15) is 44.5 Å². The van der Waals surface area contributed by atoms with E-state index in [1.54, 1.807) is 23.1 Å². The molecule has 3 amide bonds. The van der Waals surface area contributed by atoms with Gasteiger partial charge in [0.2, 0.25) is 11.8 Å². The maximum absolute atomic E-state index is 12.3. The highest BCUT2D eigenvalue weighted by atomic mass is 16.5. The number of carbonyl (C=O) groups is 4. The maximum Gasteiger partial charge on any atom is 0.308 e. The molecule has 2 rings (SSSR count). The normalized spacial score (nSPS) is 16.6. The minimum absolute atomic E-state index is 0.0198. The Morgan fingerprint density at radius 1 is 1.18 bits per heavy atom. The standard InChI is InChI=1S/C20H27N3O5/c1-13(24)28-16-7-5-6-14(10-16)18(26)21-8-9-22-19(27)15-11-17(25)23(12-15)20(2,3)4/h5-7,10,15H,8-9,11-12H2,1-4H3,(H,21,26)(H,22,27). The Balaban J connectivity index is 1.77. The Kier molecular flexibility index (Phi) is 6.77. The Labute approximate surface area is 164 Å². The molecule has 0 bridgehead atoms. The molecule has 8 heteroatoms. The Bertz CT molecular complexity index is 769. The fourth-order valence-electron chi connectivity index (χ4n) is 3.01. The van der Waals surface area contributed by atoms with Crippen LogP contribution in [0, 0.1) is 5.92 Å². The zero-order chi connectivity index (χ0) is 20.9. The van der Waals surface area contributed by atoms with Crippen LogP contribution in [0.25, 0.3) is 0 Å². The molecule has 8 nitrogen and oxygen atoms in total. The van der Waals surface area contributed by atoms with Crippen LogP contribution in [0.3, 0.4) is 0 Å². The lowest BCUT2D eigenvalue weighted by Gasteiger charge is -2.31. The number of carbonyl (C=O) groups excluding carboxylic acids is 4. The molecule has 0 radical (unpaired) electrons. The van der Waals surface area contributed by atoms with E-state index in [0.717, 1.165) is 0 Å². The second-order valence-corrected chi connectivity index (χ2v) is 7.74. The number of amides is 3. The van der Waals surface area contributed by atoms with Gasteiger partial charge in [0, 0.05) is 44.1 Å². The molecule has 1 saturated heterocycles. The van der Waals surface area contributed by atoms with Crippen LogP contribution in [0.15, 0.2) is 24.3 Å². The minimum Gasteiger partial charge on any atom is -0.427 e. The van der Waals surface area contributed by atoms with Gasteiger partial charge in [-0.3, -0.25) is 19.2 Å². The average molecular weight is 389 g/mol. The first-order valence-corrected chi connectivity index (χ1v) is 9.23. The lowest BCUT2D eigenvalue weighted by atomic mass is 10.1. The average Bonchev–Trinajstić information content (AvgIpc) is 3.00. The van der Waals surface area contributed by atoms with Crippen LogP contribution in [-0.2, 0) is 14.4 Å². The molecular weight excluding hydrogens is 362 g/mol. The number of nitrogens with one attached hydrogen (secondary N) is 2. The third-order valence-corrected chi connectivity index (χ3v) is 4.37. The predicted molar refractivity (Wildman–Crippen MR) is 103 cm³/mol. The molecule has 2 N–H and O–H groups in total. The van der Waals surface area contributed by atoms with E-state index in [0.29, 0.717) is 17.9 Å². The molecule has 1 aliphatic rings. The topological polar surface area (TPSA) is 105 Å². The number of likely N-dealkylation sites (tertiary alicyclic amines) is 1. The van der Waals surface area contributed by atoms with E-state index in [-0.39, 0.29) is 48.7 Å². The van der Waals surface area contributed by atoms with Crippen LogP contribution in [0.5, 0.6) is 5.75 Å². The summed E-state index contributed by atoms with van der Waals surface area (Å²) in [6.07, 6.45) is 0.207. The van der Waals surface area contributed by atoms with Gasteiger partial charge in [-0.1, -0.05) is 6.07 Å². The van der Waals surface area contributed by atoms with Crippen molar-refractivity contribution in [2.24, 2.45) is 5.92 Å². The molecule has 28 heavy (non-hydrogen) atoms. The van der Waals surface area contributed by atoms with Gasteiger partial charge in [-0.15, -0.1) is 0 Å². The van der Waals surface area contributed by atoms with Gasteiger partial charge in [0.05, 0.1) is 5.92 Å². The van der Waals surface area contributed by atoms with Gasteiger partial charge < -0.3 is 20.3 Å². The fourth-order valence-corrected chi connectivity index (χ4v) is 3.01. The monoisotopic (exact) mass is 389 g/mol. The van der Waals surface area contributed by atoms with Crippen LogP contribution >= 0.6 is 0 Å². The second-order valence-electron chi connectivity index (χ2n) is 7.74. The van der Waals surface area contributed by atoms with Gasteiger partial charge in [0.15, 0.2) is 0 Å². The molecule has 0 spiro atoms. The summed E-state index contributed by atoms with van der Waals surface area (Å²) in [6, 6.07) is 6.28. The van der Waals surface area contributed by atoms with Gasteiger partial charge in [0.25, 0.3) is 5.91 Å². The number of rotatable bonds is 6. The summed E-state index contributed by atoms with van der Waals surface area (Å²) in [4.78, 5) is 49.2. The van der Waals surface area contributed by atoms with Gasteiger partial charge in [-0.2, -0.15) is 0 Å². The maximum atomic E-state index is 12.3. The lowest BCUT2D eigenvalue weighted by Crippen LogP contribution is -2.43. The first-order chi connectivity index (χ1) is 13.1. The van der Waals surface area contributed by atoms with Crippen LogP contribution in [-0.4, -0.2) is 53.8 Å². The Morgan fingerprint density at radius 3 is 2.46 bits per heavy atom. The molecule has 1 unspecified atom stereocenters. The summed E-state index contributed by atoms with van der Waals surface area (Å²) in [7, 11) is 0. The quantitative estimate of drug-likeness (QED) is 0.431. The highest BCUT2D eigenvalue weighted by Crippen LogP contribution is 2.25. The number of hydrogen-bond donors (Lipinski definition) is 2. The first kappa shape index (κ1) is 21.4. The van der Waals surface area contributed by atoms with Gasteiger partial charge in [-0.05, 0) is 39.0 Å². The number of hydrogen-bond acceptors (Lipinski definition) is 5. The van der Waals surface area contributed by atoms with E-state index >= 15 is 0 Å². The van der Waals surface area contributed by atoms with Crippen molar-refractivity contribution in [3.05, 3.63) is 29.8 Å². The number of ether oxygens (including phenoxy) is 1. The summed E-state index contributed by atoms with van der Waals surface area (Å²) in [6.45, 7) is 8.02. The molecule has 1 aliphatic heterocycles. The van der Waals surface area contributed by atoms with Crippen LogP contribution in [0.4, 0.5) is 0 Å². The highest BCUT2D eigenvalue weighted by molar-refractivity contribution is 5.94. The second kappa shape index (κ2) is 8.86. The molecule has 0 saturated carbocycles. The lowest BCUT2D eigenvalue weighted by molar-refractivity contribution is -0.132. The third kappa shape index (κ3) is 5.80. The van der Waals surface area contributed by atoms with E-state index < -0.39 is 5.97 Å². The van der Waals surface area contributed by atoms with Crippen molar-refractivity contribution < 1.29 is 23.9 Å². The van der Waals surface area contributed by atoms with Crippen molar-refractivity contribution in [3.63, 3.8) is 0 Å². The molecule has 1 aromatic rings. The van der Waals surface area contributed by atoms with Crippen molar-refractivity contribution in [2.75, 3.05) is 19.6 Å². The zero-order valence-corrected chi connectivity index (χ0v) is 16.7. The highest BCUT2D eigenvalue weighted by Gasteiger charge is 2.39. The molecule has 0 aliphatic carbocycles. The minimum atomic E-state index is -0.462. The van der Waals surface area contributed by atoms with E-state index in [9.17, 15) is 19.2 Å². The molecule has 152 valence electrons. The largest absolute Gasteiger partial charge is 0.427 e. The molecular formula is C20H27N3O5. The smallest absolute Gasteiger partial charge is 0.308 e. The SMILES string of the molecule is CC(=O)Oc1cccc(C(=O)NCCNC(=O)C2CC(=O)N(C(C)(C)C)C2)c1. The Hall–Kier alpha value is -2.90. The van der Waals surface area contributed by atoms with Crippen LogP contribution in [0.2, 0.25) is 0 Å². The fraction of sp³-hybridized carbons (Fsp3) is 0.500. The van der Waals surface area contributed by atoms with Crippen molar-refractivity contribution in [1.82, 2.24) is 15.5 Å². The van der Waals surface area contributed by atoms with Gasteiger partial charge in [0.1, 0.15) is 5.75 Å². The molecule has 1 heterocycles. The number of nitrogens with zero attached hydrogens (tertiary/aromatic N) is 1. The van der Waals surface area contributed by atoms with Crippen molar-refractivity contribution >= 4 is 23.7 Å². The van der Waals surface area contributed by atoms with Crippen molar-refractivity contribution in [2.45, 2.75) is 39.7 Å². The molecule has 0 aromatic heterocycles. The summed E-state index contributed by atoms with van der Waals surface area (Å²) in [5.41, 5.74) is 0.0491. The molecule has 1 atom stereocenters. The predicted octanol–water partition coefficient (Wildman–Crippen LogP) is 1.10. The van der Waals surface area contributed by atoms with Crippen molar-refractivity contribution in [3.8, 4) is 5.75 Å². The van der Waals surface area contributed by atoms with Gasteiger partial charge in [-0.25, -0.2) is 0 Å². The number of benzene rings is 1. The van der Waals surface area contributed by atoms with Gasteiger partial charge >= 0.3 is 5.97 Å². The van der Waals surface area contributed by atoms with E-state index in [1.807, 2.05) is 20.8 Å². The summed E-state index contributed by atoms with van der Waals surface area (Å²) >= 11 is 0. The number of esters is 1.